The van der Waals surface area contributed by atoms with E-state index in [9.17, 15) is 0 Å². The normalized spacial score (nSPS) is 20.2. The van der Waals surface area contributed by atoms with Crippen molar-refractivity contribution in [1.29, 1.82) is 0 Å². The number of hydrogen-bond donors (Lipinski definition) is 0. The summed E-state index contributed by atoms with van der Waals surface area (Å²) in [7, 11) is 0. The third-order valence-electron chi connectivity index (χ3n) is 1.92. The largest absolute Gasteiger partial charge is 0.372 e. The number of alkyl halides is 1. The van der Waals surface area contributed by atoms with Crippen LogP contribution in [0.4, 0.5) is 0 Å². The fourth-order valence-electron chi connectivity index (χ4n) is 0.828. The molecule has 0 N–H and O–H groups in total. The highest BCUT2D eigenvalue weighted by Gasteiger charge is 2.19. The third-order valence-corrected chi connectivity index (χ3v) is 2.64. The molecule has 0 radical (unpaired) electrons. The first kappa shape index (κ1) is 12.4. The lowest BCUT2D eigenvalue weighted by atomic mass is 10.5. The zero-order chi connectivity index (χ0) is 9.40. The predicted octanol–water partition coefficient (Wildman–Crippen LogP) is 2.13. The molecule has 0 aromatic heterocycles. The van der Waals surface area contributed by atoms with Gasteiger partial charge in [0.25, 0.3) is 0 Å². The van der Waals surface area contributed by atoms with Crippen molar-refractivity contribution < 1.29 is 4.74 Å². The number of epoxide rings is 1. The molecule has 0 aliphatic carbocycles. The van der Waals surface area contributed by atoms with Crippen LogP contribution in [0.25, 0.3) is 0 Å². The summed E-state index contributed by atoms with van der Waals surface area (Å²) in [5.74, 6) is 0. The molecule has 0 spiro atoms. The van der Waals surface area contributed by atoms with Gasteiger partial charge in [0.1, 0.15) is 0 Å². The van der Waals surface area contributed by atoms with Gasteiger partial charge in [-0.3, -0.25) is 0 Å². The Labute approximate surface area is 84.4 Å². The molecule has 0 aromatic carbocycles. The first-order chi connectivity index (χ1) is 5.78. The molecule has 12 heavy (non-hydrogen) atoms. The molecule has 1 atom stereocenters. The maximum atomic E-state index is 4.81. The van der Waals surface area contributed by atoms with Crippen molar-refractivity contribution >= 4 is 15.9 Å². The SMILES string of the molecule is BrCC1CO1.CCN(CC)CC. The Morgan fingerprint density at radius 2 is 1.67 bits per heavy atom. The highest BCUT2D eigenvalue weighted by atomic mass is 79.9. The zero-order valence-electron chi connectivity index (χ0n) is 8.35. The fourth-order valence-corrected chi connectivity index (χ4v) is 1.20. The fraction of sp³-hybridized carbons (Fsp3) is 1.00. The van der Waals surface area contributed by atoms with Crippen molar-refractivity contribution in [2.75, 3.05) is 31.6 Å². The van der Waals surface area contributed by atoms with Crippen LogP contribution < -0.4 is 0 Å². The van der Waals surface area contributed by atoms with Crippen LogP contribution >= 0.6 is 15.9 Å². The number of nitrogens with zero attached hydrogens (tertiary/aromatic N) is 1. The molecule has 0 aromatic rings. The Bertz CT molecular complexity index is 87.0. The van der Waals surface area contributed by atoms with E-state index in [0.29, 0.717) is 6.10 Å². The van der Waals surface area contributed by atoms with E-state index in [1.165, 1.54) is 19.6 Å². The van der Waals surface area contributed by atoms with E-state index in [-0.39, 0.29) is 0 Å². The minimum Gasteiger partial charge on any atom is -0.372 e. The molecule has 2 nitrogen and oxygen atoms in total. The van der Waals surface area contributed by atoms with E-state index < -0.39 is 0 Å². The molecule has 1 fully saturated rings. The lowest BCUT2D eigenvalue weighted by Crippen LogP contribution is -2.21. The zero-order valence-corrected chi connectivity index (χ0v) is 9.93. The molecule has 1 saturated heterocycles. The Kier molecular flexibility index (Phi) is 8.29. The van der Waals surface area contributed by atoms with Gasteiger partial charge in [0.15, 0.2) is 0 Å². The van der Waals surface area contributed by atoms with Gasteiger partial charge in [-0.25, -0.2) is 0 Å². The van der Waals surface area contributed by atoms with Gasteiger partial charge in [-0.15, -0.1) is 0 Å². The molecule has 1 heterocycles. The van der Waals surface area contributed by atoms with Crippen molar-refractivity contribution in [3.05, 3.63) is 0 Å². The molecular weight excluding hydrogens is 218 g/mol. The van der Waals surface area contributed by atoms with Crippen LogP contribution in [-0.4, -0.2) is 42.6 Å². The second-order valence-corrected chi connectivity index (χ2v) is 3.38. The number of ether oxygens (including phenoxy) is 1. The summed E-state index contributed by atoms with van der Waals surface area (Å²) in [6.45, 7) is 11.1. The molecule has 3 heteroatoms. The Morgan fingerprint density at radius 3 is 1.67 bits per heavy atom. The Morgan fingerprint density at radius 1 is 1.25 bits per heavy atom. The van der Waals surface area contributed by atoms with Crippen LogP contribution in [-0.2, 0) is 4.74 Å². The average Bonchev–Trinajstić information content (AvgIpc) is 2.91. The lowest BCUT2D eigenvalue weighted by molar-refractivity contribution is 0.321. The topological polar surface area (TPSA) is 15.8 Å². The van der Waals surface area contributed by atoms with Crippen LogP contribution in [0.2, 0.25) is 0 Å². The van der Waals surface area contributed by atoms with Crippen molar-refractivity contribution in [3.63, 3.8) is 0 Å². The monoisotopic (exact) mass is 237 g/mol. The van der Waals surface area contributed by atoms with Gasteiger partial charge in [0, 0.05) is 5.33 Å². The summed E-state index contributed by atoms with van der Waals surface area (Å²) in [5, 5.41) is 1.01. The van der Waals surface area contributed by atoms with E-state index in [1.807, 2.05) is 0 Å². The van der Waals surface area contributed by atoms with E-state index >= 15 is 0 Å². The van der Waals surface area contributed by atoms with Gasteiger partial charge in [-0.05, 0) is 19.6 Å². The number of halogens is 1. The Hall–Kier alpha value is 0.400. The van der Waals surface area contributed by atoms with Crippen molar-refractivity contribution in [2.45, 2.75) is 26.9 Å². The molecule has 74 valence electrons. The summed E-state index contributed by atoms with van der Waals surface area (Å²) < 4.78 is 4.81. The number of rotatable bonds is 4. The van der Waals surface area contributed by atoms with Gasteiger partial charge >= 0.3 is 0 Å². The van der Waals surface area contributed by atoms with Crippen LogP contribution in [0, 0.1) is 0 Å². The standard InChI is InChI=1S/C6H15N.C3H5BrO/c1-4-7(5-2)6-3;4-1-3-2-5-3/h4-6H2,1-3H3;3H,1-2H2. The minimum atomic E-state index is 0.551. The Balaban J connectivity index is 0.000000211. The quantitative estimate of drug-likeness (QED) is 0.550. The lowest BCUT2D eigenvalue weighted by Gasteiger charge is -2.13. The van der Waals surface area contributed by atoms with Crippen LogP contribution in [0.15, 0.2) is 0 Å². The van der Waals surface area contributed by atoms with Gasteiger partial charge in [-0.2, -0.15) is 0 Å². The highest BCUT2D eigenvalue weighted by Crippen LogP contribution is 2.09. The van der Waals surface area contributed by atoms with E-state index in [0.717, 1.165) is 11.9 Å². The maximum Gasteiger partial charge on any atom is 0.0906 e. The van der Waals surface area contributed by atoms with Crippen LogP contribution in [0.5, 0.6) is 0 Å². The van der Waals surface area contributed by atoms with Crippen molar-refractivity contribution in [1.82, 2.24) is 4.90 Å². The molecule has 0 amide bonds. The smallest absolute Gasteiger partial charge is 0.0906 e. The summed E-state index contributed by atoms with van der Waals surface area (Å²) in [6.07, 6.45) is 0.551. The predicted molar refractivity (Wildman–Crippen MR) is 57.0 cm³/mol. The number of hydrogen-bond acceptors (Lipinski definition) is 2. The second-order valence-electron chi connectivity index (χ2n) is 2.73. The molecule has 1 unspecified atom stereocenters. The molecule has 0 bridgehead atoms. The van der Waals surface area contributed by atoms with Gasteiger partial charge in [-0.1, -0.05) is 36.7 Å². The molecule has 1 aliphatic rings. The molecular formula is C9H20BrNO. The third kappa shape index (κ3) is 7.07. The second kappa shape index (κ2) is 8.02. The molecule has 1 aliphatic heterocycles. The van der Waals surface area contributed by atoms with Gasteiger partial charge in [0.05, 0.1) is 12.7 Å². The van der Waals surface area contributed by atoms with E-state index in [4.69, 9.17) is 4.74 Å². The van der Waals surface area contributed by atoms with Gasteiger partial charge in [0.2, 0.25) is 0 Å². The van der Waals surface area contributed by atoms with Gasteiger partial charge < -0.3 is 9.64 Å². The minimum absolute atomic E-state index is 0.551. The maximum absolute atomic E-state index is 4.81. The van der Waals surface area contributed by atoms with Crippen LogP contribution in [0.3, 0.4) is 0 Å². The van der Waals surface area contributed by atoms with Crippen molar-refractivity contribution in [3.8, 4) is 0 Å². The molecule has 0 saturated carbocycles. The molecule has 1 rings (SSSR count). The summed E-state index contributed by atoms with van der Waals surface area (Å²) in [5.41, 5.74) is 0. The van der Waals surface area contributed by atoms with E-state index in [1.54, 1.807) is 0 Å². The highest BCUT2D eigenvalue weighted by molar-refractivity contribution is 9.09. The average molecular weight is 238 g/mol. The van der Waals surface area contributed by atoms with E-state index in [2.05, 4.69) is 41.6 Å². The first-order valence-electron chi connectivity index (χ1n) is 4.68. The first-order valence-corrected chi connectivity index (χ1v) is 5.80. The van der Waals surface area contributed by atoms with Crippen LogP contribution in [0.1, 0.15) is 20.8 Å². The van der Waals surface area contributed by atoms with Crippen molar-refractivity contribution in [2.24, 2.45) is 0 Å². The summed E-state index contributed by atoms with van der Waals surface area (Å²) in [4.78, 5) is 2.38. The summed E-state index contributed by atoms with van der Waals surface area (Å²) >= 11 is 3.25. The summed E-state index contributed by atoms with van der Waals surface area (Å²) in [6, 6.07) is 0.